The van der Waals surface area contributed by atoms with Gasteiger partial charge >= 0.3 is 5.69 Å². The standard InChI is InChI=1S/C15H15FN2O2/c1-17-5-6-18(15(17)20)11-13-8-12(4-2-3-7-19)9-14(16)10-13/h5-6,8-10,19H,3,7,11H2,1H3. The summed E-state index contributed by atoms with van der Waals surface area (Å²) in [5.41, 5.74) is 1.06. The van der Waals surface area contributed by atoms with Gasteiger partial charge in [0.25, 0.3) is 0 Å². The lowest BCUT2D eigenvalue weighted by Crippen LogP contribution is -2.22. The molecule has 0 atom stereocenters. The Hall–Kier alpha value is -2.32. The van der Waals surface area contributed by atoms with Gasteiger partial charge in [-0.25, -0.2) is 9.18 Å². The lowest BCUT2D eigenvalue weighted by atomic mass is 10.1. The molecule has 5 heteroatoms. The lowest BCUT2D eigenvalue weighted by Gasteiger charge is -2.03. The zero-order valence-electron chi connectivity index (χ0n) is 11.1. The van der Waals surface area contributed by atoms with E-state index in [-0.39, 0.29) is 18.1 Å². The number of aliphatic hydroxyl groups is 1. The number of benzene rings is 1. The van der Waals surface area contributed by atoms with Crippen molar-refractivity contribution in [2.75, 3.05) is 6.61 Å². The van der Waals surface area contributed by atoms with Crippen LogP contribution in [0.25, 0.3) is 0 Å². The van der Waals surface area contributed by atoms with Gasteiger partial charge in [-0.3, -0.25) is 4.57 Å². The first-order chi connectivity index (χ1) is 9.60. The van der Waals surface area contributed by atoms with Crippen LogP contribution in [0, 0.1) is 17.7 Å². The third-order valence-corrected chi connectivity index (χ3v) is 2.80. The topological polar surface area (TPSA) is 47.2 Å². The second-order valence-corrected chi connectivity index (χ2v) is 4.44. The molecule has 0 aliphatic carbocycles. The Morgan fingerprint density at radius 3 is 2.75 bits per heavy atom. The first-order valence-corrected chi connectivity index (χ1v) is 6.21. The van der Waals surface area contributed by atoms with Crippen molar-refractivity contribution in [2.24, 2.45) is 7.05 Å². The number of nitrogens with zero attached hydrogens (tertiary/aromatic N) is 2. The highest BCUT2D eigenvalue weighted by Gasteiger charge is 2.04. The van der Waals surface area contributed by atoms with E-state index in [0.717, 1.165) is 0 Å². The van der Waals surface area contributed by atoms with E-state index in [1.807, 2.05) is 0 Å². The number of hydrogen-bond donors (Lipinski definition) is 1. The van der Waals surface area contributed by atoms with Gasteiger partial charge in [0.05, 0.1) is 13.2 Å². The predicted molar refractivity (Wildman–Crippen MR) is 73.8 cm³/mol. The highest BCUT2D eigenvalue weighted by atomic mass is 19.1. The Balaban J connectivity index is 2.27. The summed E-state index contributed by atoms with van der Waals surface area (Å²) < 4.78 is 16.5. The Kier molecular flexibility index (Phi) is 4.38. The monoisotopic (exact) mass is 274 g/mol. The minimum Gasteiger partial charge on any atom is -0.395 e. The van der Waals surface area contributed by atoms with E-state index in [1.165, 1.54) is 21.3 Å². The molecule has 0 amide bonds. The van der Waals surface area contributed by atoms with Crippen LogP contribution in [-0.2, 0) is 13.6 Å². The van der Waals surface area contributed by atoms with Crippen LogP contribution in [0.15, 0.2) is 35.4 Å². The van der Waals surface area contributed by atoms with Crippen LogP contribution in [0.1, 0.15) is 17.5 Å². The first-order valence-electron chi connectivity index (χ1n) is 6.21. The van der Waals surface area contributed by atoms with Gasteiger partial charge in [0.2, 0.25) is 0 Å². The number of rotatable bonds is 3. The van der Waals surface area contributed by atoms with E-state index in [1.54, 1.807) is 25.5 Å². The molecular weight excluding hydrogens is 259 g/mol. The Labute approximate surface area is 116 Å². The molecule has 2 rings (SSSR count). The van der Waals surface area contributed by atoms with Crippen molar-refractivity contribution < 1.29 is 9.50 Å². The molecule has 0 unspecified atom stereocenters. The Morgan fingerprint density at radius 2 is 2.10 bits per heavy atom. The number of aromatic nitrogens is 2. The van der Waals surface area contributed by atoms with Crippen LogP contribution in [-0.4, -0.2) is 20.8 Å². The second kappa shape index (κ2) is 6.22. The van der Waals surface area contributed by atoms with E-state index in [2.05, 4.69) is 11.8 Å². The summed E-state index contributed by atoms with van der Waals surface area (Å²) in [5, 5.41) is 8.66. The van der Waals surface area contributed by atoms with Gasteiger partial charge in [-0.05, 0) is 23.8 Å². The molecule has 0 radical (unpaired) electrons. The quantitative estimate of drug-likeness (QED) is 0.852. The van der Waals surface area contributed by atoms with Crippen LogP contribution in [0.5, 0.6) is 0 Å². The van der Waals surface area contributed by atoms with E-state index in [0.29, 0.717) is 24.1 Å². The Morgan fingerprint density at radius 1 is 1.30 bits per heavy atom. The highest BCUT2D eigenvalue weighted by Crippen LogP contribution is 2.09. The van der Waals surface area contributed by atoms with E-state index in [9.17, 15) is 9.18 Å². The lowest BCUT2D eigenvalue weighted by molar-refractivity contribution is 0.305. The Bertz CT molecular complexity index is 719. The largest absolute Gasteiger partial charge is 0.395 e. The van der Waals surface area contributed by atoms with Crippen molar-refractivity contribution in [3.8, 4) is 11.8 Å². The molecule has 1 N–H and O–H groups in total. The van der Waals surface area contributed by atoms with Crippen molar-refractivity contribution in [2.45, 2.75) is 13.0 Å². The smallest absolute Gasteiger partial charge is 0.328 e. The van der Waals surface area contributed by atoms with Crippen LogP contribution >= 0.6 is 0 Å². The summed E-state index contributed by atoms with van der Waals surface area (Å²) in [7, 11) is 1.66. The molecular formula is C15H15FN2O2. The maximum Gasteiger partial charge on any atom is 0.328 e. The van der Waals surface area contributed by atoms with Gasteiger partial charge in [-0.2, -0.15) is 0 Å². The average molecular weight is 274 g/mol. The molecule has 0 spiro atoms. The van der Waals surface area contributed by atoms with Crippen molar-refractivity contribution in [1.29, 1.82) is 0 Å². The van der Waals surface area contributed by atoms with Crippen molar-refractivity contribution >= 4 is 0 Å². The number of hydrogen-bond acceptors (Lipinski definition) is 2. The molecule has 1 aromatic heterocycles. The molecule has 104 valence electrons. The van der Waals surface area contributed by atoms with E-state index >= 15 is 0 Å². The van der Waals surface area contributed by atoms with Gasteiger partial charge in [-0.15, -0.1) is 0 Å². The fourth-order valence-electron chi connectivity index (χ4n) is 1.86. The summed E-state index contributed by atoms with van der Waals surface area (Å²) in [6.45, 7) is 0.278. The summed E-state index contributed by atoms with van der Waals surface area (Å²) in [6, 6.07) is 4.46. The number of halogens is 1. The van der Waals surface area contributed by atoms with Crippen molar-refractivity contribution in [3.63, 3.8) is 0 Å². The summed E-state index contributed by atoms with van der Waals surface area (Å²) in [5.74, 6) is 5.15. The third kappa shape index (κ3) is 3.37. The zero-order valence-corrected chi connectivity index (χ0v) is 11.1. The molecule has 0 aliphatic heterocycles. The fraction of sp³-hybridized carbons (Fsp3) is 0.267. The summed E-state index contributed by atoms with van der Waals surface area (Å²) in [4.78, 5) is 11.7. The number of imidazole rings is 1. The van der Waals surface area contributed by atoms with Crippen LogP contribution < -0.4 is 5.69 Å². The van der Waals surface area contributed by atoms with E-state index < -0.39 is 0 Å². The molecule has 1 heterocycles. The molecule has 1 aromatic carbocycles. The zero-order chi connectivity index (χ0) is 14.5. The van der Waals surface area contributed by atoms with Crippen molar-refractivity contribution in [3.05, 3.63) is 58.0 Å². The normalized spacial score (nSPS) is 10.2. The van der Waals surface area contributed by atoms with Crippen LogP contribution in [0.4, 0.5) is 4.39 Å². The molecule has 2 aromatic rings. The molecule has 0 aliphatic rings. The minimum absolute atomic E-state index is 0.0193. The van der Waals surface area contributed by atoms with Gasteiger partial charge in [0.1, 0.15) is 5.82 Å². The molecule has 4 nitrogen and oxygen atoms in total. The van der Waals surface area contributed by atoms with Gasteiger partial charge in [0, 0.05) is 31.4 Å². The minimum atomic E-state index is -0.389. The first kappa shape index (κ1) is 14.1. The van der Waals surface area contributed by atoms with E-state index in [4.69, 9.17) is 5.11 Å². The SMILES string of the molecule is Cn1ccn(Cc2cc(F)cc(C#CCCO)c2)c1=O. The van der Waals surface area contributed by atoms with Crippen molar-refractivity contribution in [1.82, 2.24) is 9.13 Å². The summed E-state index contributed by atoms with van der Waals surface area (Å²) in [6.07, 6.45) is 3.66. The molecule has 0 saturated carbocycles. The van der Waals surface area contributed by atoms with Crippen LogP contribution in [0.3, 0.4) is 0 Å². The molecule has 0 saturated heterocycles. The van der Waals surface area contributed by atoms with Gasteiger partial charge in [-0.1, -0.05) is 11.8 Å². The second-order valence-electron chi connectivity index (χ2n) is 4.44. The molecule has 0 fully saturated rings. The third-order valence-electron chi connectivity index (χ3n) is 2.80. The predicted octanol–water partition coefficient (Wildman–Crippen LogP) is 1.11. The average Bonchev–Trinajstić information content (AvgIpc) is 2.71. The number of aryl methyl sites for hydroxylation is 1. The molecule has 0 bridgehead atoms. The van der Waals surface area contributed by atoms with Gasteiger partial charge in [0.15, 0.2) is 0 Å². The number of aliphatic hydroxyl groups excluding tert-OH is 1. The maximum absolute atomic E-state index is 13.5. The van der Waals surface area contributed by atoms with Crippen LogP contribution in [0.2, 0.25) is 0 Å². The maximum atomic E-state index is 13.5. The fourth-order valence-corrected chi connectivity index (χ4v) is 1.86. The van der Waals surface area contributed by atoms with Gasteiger partial charge < -0.3 is 9.67 Å². The highest BCUT2D eigenvalue weighted by molar-refractivity contribution is 5.37. The summed E-state index contributed by atoms with van der Waals surface area (Å²) >= 11 is 0. The molecule has 20 heavy (non-hydrogen) atoms.